The zero-order valence-electron chi connectivity index (χ0n) is 12.6. The van der Waals surface area contributed by atoms with Gasteiger partial charge in [0.15, 0.2) is 0 Å². The number of sulfonamides is 1. The average Bonchev–Trinajstić information content (AvgIpc) is 2.53. The lowest BCUT2D eigenvalue weighted by Crippen LogP contribution is -2.35. The number of nitro benzene ring substituents is 1. The van der Waals surface area contributed by atoms with Crippen molar-refractivity contribution in [1.82, 2.24) is 0 Å². The van der Waals surface area contributed by atoms with Crippen LogP contribution in [-0.4, -0.2) is 19.9 Å². The number of non-ortho nitro benzene ring substituents is 1. The molecule has 0 amide bonds. The number of rotatable bonds is 3. The van der Waals surface area contributed by atoms with E-state index in [4.69, 9.17) is 0 Å². The summed E-state index contributed by atoms with van der Waals surface area (Å²) in [5.74, 6) is 0. The maximum Gasteiger partial charge on any atom is 0.271 e. The Morgan fingerprint density at radius 2 is 1.96 bits per heavy atom. The van der Waals surface area contributed by atoms with Crippen molar-refractivity contribution >= 4 is 21.4 Å². The summed E-state index contributed by atoms with van der Waals surface area (Å²) >= 11 is 0. The summed E-state index contributed by atoms with van der Waals surface area (Å²) < 4.78 is 27.2. The predicted octanol–water partition coefficient (Wildman–Crippen LogP) is 3.04. The van der Waals surface area contributed by atoms with E-state index in [-0.39, 0.29) is 10.6 Å². The minimum absolute atomic E-state index is 0.102. The second-order valence-electron chi connectivity index (χ2n) is 5.57. The molecular formula is C16H16N2O4S. The molecule has 0 fully saturated rings. The van der Waals surface area contributed by atoms with Gasteiger partial charge in [0.1, 0.15) is 0 Å². The van der Waals surface area contributed by atoms with E-state index in [1.807, 2.05) is 13.0 Å². The van der Waals surface area contributed by atoms with Gasteiger partial charge in [-0.05, 0) is 43.0 Å². The molecule has 0 saturated carbocycles. The SMILES string of the molecule is Cc1cccc(S(=O)(=O)N2CCCc3ccc([N+](=O)[O-])cc32)c1. The fraction of sp³-hybridized carbons (Fsp3) is 0.250. The van der Waals surface area contributed by atoms with Crippen LogP contribution in [0.2, 0.25) is 0 Å². The van der Waals surface area contributed by atoms with Gasteiger partial charge in [0.05, 0.1) is 15.5 Å². The van der Waals surface area contributed by atoms with Crippen LogP contribution in [0.5, 0.6) is 0 Å². The summed E-state index contributed by atoms with van der Waals surface area (Å²) in [5, 5.41) is 11.0. The van der Waals surface area contributed by atoms with E-state index >= 15 is 0 Å². The molecule has 23 heavy (non-hydrogen) atoms. The predicted molar refractivity (Wildman–Crippen MR) is 87.1 cm³/mol. The van der Waals surface area contributed by atoms with Gasteiger partial charge in [-0.1, -0.05) is 18.2 Å². The molecule has 0 aliphatic carbocycles. The van der Waals surface area contributed by atoms with Gasteiger partial charge in [-0.15, -0.1) is 0 Å². The molecule has 3 rings (SSSR count). The van der Waals surface area contributed by atoms with E-state index < -0.39 is 14.9 Å². The Morgan fingerprint density at radius 3 is 2.65 bits per heavy atom. The highest BCUT2D eigenvalue weighted by molar-refractivity contribution is 7.92. The van der Waals surface area contributed by atoms with Crippen LogP contribution >= 0.6 is 0 Å². The van der Waals surface area contributed by atoms with Crippen molar-refractivity contribution < 1.29 is 13.3 Å². The topological polar surface area (TPSA) is 80.5 Å². The van der Waals surface area contributed by atoms with E-state index in [0.717, 1.165) is 11.1 Å². The third kappa shape index (κ3) is 2.79. The Labute approximate surface area is 134 Å². The second kappa shape index (κ2) is 5.66. The third-order valence-corrected chi connectivity index (χ3v) is 5.74. The van der Waals surface area contributed by atoms with Gasteiger partial charge in [0.2, 0.25) is 0 Å². The third-order valence-electron chi connectivity index (χ3n) is 3.93. The van der Waals surface area contributed by atoms with Crippen molar-refractivity contribution in [3.63, 3.8) is 0 Å². The molecule has 120 valence electrons. The highest BCUT2D eigenvalue weighted by atomic mass is 32.2. The molecule has 2 aromatic rings. The van der Waals surface area contributed by atoms with Crippen LogP contribution in [0.1, 0.15) is 17.5 Å². The standard InChI is InChI=1S/C16H16N2O4S/c1-12-4-2-6-15(10-12)23(21,22)17-9-3-5-13-7-8-14(18(19)20)11-16(13)17/h2,4,6-8,10-11H,3,5,9H2,1H3. The first kappa shape index (κ1) is 15.5. The van der Waals surface area contributed by atoms with Gasteiger partial charge in [-0.2, -0.15) is 0 Å². The Kier molecular flexibility index (Phi) is 3.81. The molecule has 0 aromatic heterocycles. The van der Waals surface area contributed by atoms with Gasteiger partial charge in [0, 0.05) is 18.7 Å². The van der Waals surface area contributed by atoms with E-state index in [9.17, 15) is 18.5 Å². The Morgan fingerprint density at radius 1 is 1.17 bits per heavy atom. The molecule has 0 atom stereocenters. The van der Waals surface area contributed by atoms with Crippen LogP contribution in [-0.2, 0) is 16.4 Å². The molecule has 0 bridgehead atoms. The van der Waals surface area contributed by atoms with Gasteiger partial charge >= 0.3 is 0 Å². The molecule has 2 aromatic carbocycles. The summed E-state index contributed by atoms with van der Waals surface area (Å²) in [6.07, 6.45) is 1.41. The summed E-state index contributed by atoms with van der Waals surface area (Å²) in [7, 11) is -3.73. The summed E-state index contributed by atoms with van der Waals surface area (Å²) in [6.45, 7) is 2.15. The first-order valence-electron chi connectivity index (χ1n) is 7.26. The number of aryl methyl sites for hydroxylation is 2. The monoisotopic (exact) mass is 332 g/mol. The number of nitrogens with zero attached hydrogens (tertiary/aromatic N) is 2. The summed E-state index contributed by atoms with van der Waals surface area (Å²) in [4.78, 5) is 10.7. The number of fused-ring (bicyclic) bond motifs is 1. The quantitative estimate of drug-likeness (QED) is 0.639. The molecular weight excluding hydrogens is 316 g/mol. The molecule has 1 aliphatic rings. The number of benzene rings is 2. The molecule has 6 nitrogen and oxygen atoms in total. The lowest BCUT2D eigenvalue weighted by Gasteiger charge is -2.30. The van der Waals surface area contributed by atoms with Gasteiger partial charge in [-0.25, -0.2) is 8.42 Å². The first-order valence-corrected chi connectivity index (χ1v) is 8.70. The maximum absolute atomic E-state index is 12.9. The first-order chi connectivity index (χ1) is 10.9. The van der Waals surface area contributed by atoms with Crippen molar-refractivity contribution in [1.29, 1.82) is 0 Å². The number of anilines is 1. The summed E-state index contributed by atoms with van der Waals surface area (Å²) in [5.41, 5.74) is 1.97. The number of hydrogen-bond acceptors (Lipinski definition) is 4. The Bertz CT molecular complexity index is 877. The molecule has 0 radical (unpaired) electrons. The molecule has 7 heteroatoms. The summed E-state index contributed by atoms with van der Waals surface area (Å²) in [6, 6.07) is 11.1. The maximum atomic E-state index is 12.9. The highest BCUT2D eigenvalue weighted by Gasteiger charge is 2.30. The molecule has 0 N–H and O–H groups in total. The fourth-order valence-corrected chi connectivity index (χ4v) is 4.43. The lowest BCUT2D eigenvalue weighted by atomic mass is 10.0. The highest BCUT2D eigenvalue weighted by Crippen LogP contribution is 2.34. The van der Waals surface area contributed by atoms with Crippen molar-refractivity contribution in [2.45, 2.75) is 24.7 Å². The molecule has 0 saturated heterocycles. The number of nitro groups is 1. The van der Waals surface area contributed by atoms with E-state index in [1.165, 1.54) is 16.4 Å². The second-order valence-corrected chi connectivity index (χ2v) is 7.43. The Balaban J connectivity index is 2.12. The van der Waals surface area contributed by atoms with Crippen LogP contribution in [0, 0.1) is 17.0 Å². The van der Waals surface area contributed by atoms with Gasteiger partial charge < -0.3 is 0 Å². The van der Waals surface area contributed by atoms with E-state index in [1.54, 1.807) is 24.3 Å². The Hall–Kier alpha value is -2.41. The van der Waals surface area contributed by atoms with Gasteiger partial charge in [0.25, 0.3) is 15.7 Å². The zero-order valence-corrected chi connectivity index (χ0v) is 13.4. The minimum atomic E-state index is -3.73. The van der Waals surface area contributed by atoms with Crippen LogP contribution in [0.15, 0.2) is 47.4 Å². The minimum Gasteiger partial charge on any atom is -0.266 e. The molecule has 0 unspecified atom stereocenters. The smallest absolute Gasteiger partial charge is 0.266 e. The van der Waals surface area contributed by atoms with Crippen molar-refractivity contribution in [3.8, 4) is 0 Å². The van der Waals surface area contributed by atoms with E-state index in [0.29, 0.717) is 25.1 Å². The largest absolute Gasteiger partial charge is 0.271 e. The van der Waals surface area contributed by atoms with Crippen LogP contribution in [0.3, 0.4) is 0 Å². The van der Waals surface area contributed by atoms with Crippen LogP contribution in [0.4, 0.5) is 11.4 Å². The lowest BCUT2D eigenvalue weighted by molar-refractivity contribution is -0.384. The molecule has 1 heterocycles. The normalized spacial score (nSPS) is 14.4. The van der Waals surface area contributed by atoms with Gasteiger partial charge in [-0.3, -0.25) is 14.4 Å². The zero-order chi connectivity index (χ0) is 16.6. The number of hydrogen-bond donors (Lipinski definition) is 0. The van der Waals surface area contributed by atoms with Crippen molar-refractivity contribution in [2.75, 3.05) is 10.8 Å². The van der Waals surface area contributed by atoms with Crippen LogP contribution in [0.25, 0.3) is 0 Å². The van der Waals surface area contributed by atoms with Crippen LogP contribution < -0.4 is 4.31 Å². The van der Waals surface area contributed by atoms with Crippen molar-refractivity contribution in [2.24, 2.45) is 0 Å². The average molecular weight is 332 g/mol. The van der Waals surface area contributed by atoms with Crippen molar-refractivity contribution in [3.05, 3.63) is 63.7 Å². The van der Waals surface area contributed by atoms with E-state index in [2.05, 4.69) is 0 Å². The molecule has 1 aliphatic heterocycles. The fourth-order valence-electron chi connectivity index (χ4n) is 2.80. The molecule has 0 spiro atoms.